The van der Waals surface area contributed by atoms with Crippen molar-refractivity contribution in [2.24, 2.45) is 11.7 Å². The molecular formula is C10H19F3N2O2S. The highest BCUT2D eigenvalue weighted by Crippen LogP contribution is 2.31. The molecule has 1 aliphatic heterocycles. The first-order chi connectivity index (χ1) is 8.24. The van der Waals surface area contributed by atoms with Crippen LogP contribution in [0.2, 0.25) is 0 Å². The van der Waals surface area contributed by atoms with Gasteiger partial charge in [0.25, 0.3) is 0 Å². The van der Waals surface area contributed by atoms with Crippen LogP contribution in [0.1, 0.15) is 12.8 Å². The van der Waals surface area contributed by atoms with Gasteiger partial charge in [0.15, 0.2) is 9.84 Å². The number of hydrogen-bond acceptors (Lipinski definition) is 4. The highest BCUT2D eigenvalue weighted by molar-refractivity contribution is 7.91. The fourth-order valence-corrected chi connectivity index (χ4v) is 3.26. The number of sulfone groups is 1. The second kappa shape index (κ2) is 6.21. The highest BCUT2D eigenvalue weighted by Gasteiger charge is 2.38. The Kier molecular flexibility index (Phi) is 5.42. The number of nitrogens with zero attached hydrogens (tertiary/aromatic N) is 1. The third-order valence-electron chi connectivity index (χ3n) is 3.21. The van der Waals surface area contributed by atoms with Crippen molar-refractivity contribution in [3.8, 4) is 0 Å². The van der Waals surface area contributed by atoms with Crippen LogP contribution in [0, 0.1) is 5.92 Å². The monoisotopic (exact) mass is 288 g/mol. The molecule has 1 atom stereocenters. The average Bonchev–Trinajstić information content (AvgIpc) is 2.24. The molecule has 1 saturated heterocycles. The largest absolute Gasteiger partial charge is 0.391 e. The molecule has 0 aromatic carbocycles. The summed E-state index contributed by atoms with van der Waals surface area (Å²) in [6, 6.07) is 0. The Morgan fingerprint density at radius 1 is 1.17 bits per heavy atom. The van der Waals surface area contributed by atoms with Crippen molar-refractivity contribution in [2.75, 3.05) is 37.7 Å². The van der Waals surface area contributed by atoms with Gasteiger partial charge in [0.2, 0.25) is 0 Å². The molecule has 0 spiro atoms. The first-order valence-electron chi connectivity index (χ1n) is 5.94. The fraction of sp³-hybridized carbons (Fsp3) is 1.00. The number of nitrogens with two attached hydrogens (primary N) is 1. The predicted octanol–water partition coefficient (Wildman–Crippen LogP) is 0.634. The fourth-order valence-electron chi connectivity index (χ4n) is 1.99. The van der Waals surface area contributed by atoms with E-state index < -0.39 is 21.9 Å². The van der Waals surface area contributed by atoms with Gasteiger partial charge in [-0.15, -0.1) is 0 Å². The van der Waals surface area contributed by atoms with Crippen LogP contribution < -0.4 is 5.73 Å². The van der Waals surface area contributed by atoms with Gasteiger partial charge in [-0.1, -0.05) is 0 Å². The average molecular weight is 288 g/mol. The van der Waals surface area contributed by atoms with E-state index in [0.717, 1.165) is 0 Å². The molecule has 108 valence electrons. The SMILES string of the molecule is NCCC(CCN1CCS(=O)(=O)CC1)C(F)(F)F. The zero-order valence-electron chi connectivity index (χ0n) is 10.1. The molecule has 18 heavy (non-hydrogen) atoms. The predicted molar refractivity (Wildman–Crippen MR) is 62.9 cm³/mol. The summed E-state index contributed by atoms with van der Waals surface area (Å²) in [5.74, 6) is -1.30. The van der Waals surface area contributed by atoms with E-state index in [1.807, 2.05) is 0 Å². The molecule has 0 radical (unpaired) electrons. The number of hydrogen-bond donors (Lipinski definition) is 1. The van der Waals surface area contributed by atoms with Gasteiger partial charge < -0.3 is 10.6 Å². The third kappa shape index (κ3) is 5.11. The second-order valence-electron chi connectivity index (χ2n) is 4.60. The molecular weight excluding hydrogens is 269 g/mol. The van der Waals surface area contributed by atoms with Crippen molar-refractivity contribution in [2.45, 2.75) is 19.0 Å². The minimum atomic E-state index is -4.22. The molecule has 4 nitrogen and oxygen atoms in total. The van der Waals surface area contributed by atoms with E-state index in [2.05, 4.69) is 0 Å². The highest BCUT2D eigenvalue weighted by atomic mass is 32.2. The Hall–Kier alpha value is -0.340. The first kappa shape index (κ1) is 15.7. The molecule has 1 heterocycles. The minimum Gasteiger partial charge on any atom is -0.330 e. The molecule has 0 aliphatic carbocycles. The number of halogens is 3. The standard InChI is InChI=1S/C10H19F3N2O2S/c11-10(12,13)9(1-3-14)2-4-15-5-7-18(16,17)8-6-15/h9H,1-8,14H2. The molecule has 0 bridgehead atoms. The number of alkyl halides is 3. The van der Waals surface area contributed by atoms with E-state index in [9.17, 15) is 21.6 Å². The van der Waals surface area contributed by atoms with Crippen molar-refractivity contribution in [1.82, 2.24) is 4.90 Å². The van der Waals surface area contributed by atoms with Gasteiger partial charge in [0, 0.05) is 13.1 Å². The summed E-state index contributed by atoms with van der Waals surface area (Å²) in [6.07, 6.45) is -4.31. The lowest BCUT2D eigenvalue weighted by Gasteiger charge is -2.28. The van der Waals surface area contributed by atoms with Crippen LogP contribution in [0.15, 0.2) is 0 Å². The molecule has 0 aromatic heterocycles. The smallest absolute Gasteiger partial charge is 0.330 e. The topological polar surface area (TPSA) is 63.4 Å². The maximum absolute atomic E-state index is 12.6. The first-order valence-corrected chi connectivity index (χ1v) is 7.76. The van der Waals surface area contributed by atoms with Crippen molar-refractivity contribution >= 4 is 9.84 Å². The summed E-state index contributed by atoms with van der Waals surface area (Å²) >= 11 is 0. The Morgan fingerprint density at radius 3 is 2.17 bits per heavy atom. The molecule has 8 heteroatoms. The summed E-state index contributed by atoms with van der Waals surface area (Å²) in [6.45, 7) is 0.948. The molecule has 1 unspecified atom stereocenters. The summed E-state index contributed by atoms with van der Waals surface area (Å²) in [5.41, 5.74) is 5.18. The second-order valence-corrected chi connectivity index (χ2v) is 6.90. The van der Waals surface area contributed by atoms with Crippen molar-refractivity contribution in [3.63, 3.8) is 0 Å². The lowest BCUT2D eigenvalue weighted by atomic mass is 10.0. The summed E-state index contributed by atoms with van der Waals surface area (Å²) in [7, 11) is -2.98. The normalized spacial score (nSPS) is 22.9. The Morgan fingerprint density at radius 2 is 1.72 bits per heavy atom. The van der Waals surface area contributed by atoms with Gasteiger partial charge in [0.05, 0.1) is 17.4 Å². The van der Waals surface area contributed by atoms with E-state index in [0.29, 0.717) is 13.1 Å². The Balaban J connectivity index is 2.39. The number of rotatable bonds is 5. The maximum Gasteiger partial charge on any atom is 0.391 e. The van der Waals surface area contributed by atoms with Gasteiger partial charge in [-0.25, -0.2) is 8.42 Å². The molecule has 1 rings (SSSR count). The molecule has 0 aromatic rings. The van der Waals surface area contributed by atoms with Gasteiger partial charge in [-0.05, 0) is 25.9 Å². The van der Waals surface area contributed by atoms with Crippen LogP contribution in [0.4, 0.5) is 13.2 Å². The molecule has 2 N–H and O–H groups in total. The van der Waals surface area contributed by atoms with Crippen LogP contribution in [0.25, 0.3) is 0 Å². The van der Waals surface area contributed by atoms with Crippen LogP contribution in [-0.4, -0.2) is 57.2 Å². The molecule has 0 amide bonds. The van der Waals surface area contributed by atoms with Crippen LogP contribution >= 0.6 is 0 Å². The van der Waals surface area contributed by atoms with E-state index in [1.54, 1.807) is 4.90 Å². The van der Waals surface area contributed by atoms with Gasteiger partial charge in [-0.3, -0.25) is 0 Å². The van der Waals surface area contributed by atoms with Crippen LogP contribution in [0.5, 0.6) is 0 Å². The van der Waals surface area contributed by atoms with E-state index in [1.165, 1.54) is 0 Å². The van der Waals surface area contributed by atoms with E-state index in [4.69, 9.17) is 5.73 Å². The summed E-state index contributed by atoms with van der Waals surface area (Å²) in [4.78, 5) is 1.77. The molecule has 1 aliphatic rings. The Bertz CT molecular complexity index is 343. The Labute approximate surface area is 105 Å². The zero-order valence-corrected chi connectivity index (χ0v) is 10.9. The van der Waals surface area contributed by atoms with E-state index in [-0.39, 0.29) is 37.4 Å². The van der Waals surface area contributed by atoms with Crippen molar-refractivity contribution < 1.29 is 21.6 Å². The maximum atomic E-state index is 12.6. The van der Waals surface area contributed by atoms with Gasteiger partial charge >= 0.3 is 6.18 Å². The lowest BCUT2D eigenvalue weighted by molar-refractivity contribution is -0.178. The molecule has 0 saturated carbocycles. The minimum absolute atomic E-state index is 0.0125. The van der Waals surface area contributed by atoms with E-state index >= 15 is 0 Å². The third-order valence-corrected chi connectivity index (χ3v) is 4.82. The quantitative estimate of drug-likeness (QED) is 0.806. The van der Waals surface area contributed by atoms with Crippen molar-refractivity contribution in [3.05, 3.63) is 0 Å². The molecule has 1 fully saturated rings. The summed E-state index contributed by atoms with van der Waals surface area (Å²) in [5, 5.41) is 0. The lowest BCUT2D eigenvalue weighted by Crippen LogP contribution is -2.42. The summed E-state index contributed by atoms with van der Waals surface area (Å²) < 4.78 is 60.2. The van der Waals surface area contributed by atoms with Crippen molar-refractivity contribution in [1.29, 1.82) is 0 Å². The van der Waals surface area contributed by atoms with Gasteiger partial charge in [0.1, 0.15) is 0 Å². The zero-order chi connectivity index (χ0) is 13.8. The van der Waals surface area contributed by atoms with Crippen LogP contribution in [0.3, 0.4) is 0 Å². The van der Waals surface area contributed by atoms with Gasteiger partial charge in [-0.2, -0.15) is 13.2 Å². The van der Waals surface area contributed by atoms with Crippen LogP contribution in [-0.2, 0) is 9.84 Å².